The summed E-state index contributed by atoms with van der Waals surface area (Å²) in [4.78, 5) is 16.7. The fourth-order valence-electron chi connectivity index (χ4n) is 1.74. The monoisotopic (exact) mass is 329 g/mol. The molecule has 0 radical (unpaired) electrons. The Labute approximate surface area is 129 Å². The number of nitrogens with zero attached hydrogens (tertiary/aromatic N) is 3. The first-order valence-corrected chi connectivity index (χ1v) is 6.50. The van der Waals surface area contributed by atoms with Crippen LogP contribution >= 0.6 is 0 Å². The van der Waals surface area contributed by atoms with Crippen LogP contribution in [0.2, 0.25) is 0 Å². The maximum Gasteiger partial charge on any atom is 0.416 e. The minimum absolute atomic E-state index is 0.266. The molecule has 2 aromatic rings. The van der Waals surface area contributed by atoms with Crippen LogP contribution in [0.25, 0.3) is 11.4 Å². The summed E-state index contributed by atoms with van der Waals surface area (Å²) in [7, 11) is 1.14. The molecule has 10 heteroatoms. The number of halogens is 3. The molecule has 0 aliphatic heterocycles. The van der Waals surface area contributed by atoms with Crippen LogP contribution < -0.4 is 5.32 Å². The first-order chi connectivity index (χ1) is 10.8. The van der Waals surface area contributed by atoms with Crippen molar-refractivity contribution in [1.82, 2.24) is 20.1 Å². The van der Waals surface area contributed by atoms with Crippen LogP contribution in [0.5, 0.6) is 0 Å². The van der Waals surface area contributed by atoms with Crippen LogP contribution in [0.15, 0.2) is 30.6 Å². The number of aliphatic hydroxyl groups is 1. The van der Waals surface area contributed by atoms with Crippen molar-refractivity contribution in [3.8, 4) is 11.4 Å². The van der Waals surface area contributed by atoms with Gasteiger partial charge in [0.25, 0.3) is 0 Å². The SMILES string of the molecule is CN(CC(O)C(F)(F)F)C(=O)Nc1cn[nH]c1-c1ccccn1. The van der Waals surface area contributed by atoms with Gasteiger partial charge in [-0.2, -0.15) is 18.3 Å². The summed E-state index contributed by atoms with van der Waals surface area (Å²) in [5.41, 5.74) is 1.20. The second-order valence-electron chi connectivity index (χ2n) is 4.74. The van der Waals surface area contributed by atoms with E-state index in [4.69, 9.17) is 5.11 Å². The molecular formula is C13H14F3N5O2. The highest BCUT2D eigenvalue weighted by molar-refractivity contribution is 5.92. The van der Waals surface area contributed by atoms with Gasteiger partial charge in [0.15, 0.2) is 6.10 Å². The van der Waals surface area contributed by atoms with E-state index < -0.39 is 24.9 Å². The van der Waals surface area contributed by atoms with E-state index in [0.29, 0.717) is 11.4 Å². The number of H-pyrrole nitrogens is 1. The van der Waals surface area contributed by atoms with Crippen LogP contribution in [0.4, 0.5) is 23.7 Å². The molecule has 2 aromatic heterocycles. The number of pyridine rings is 1. The number of carbonyl (C=O) groups is 1. The van der Waals surface area contributed by atoms with Crippen LogP contribution in [0.3, 0.4) is 0 Å². The lowest BCUT2D eigenvalue weighted by Gasteiger charge is -2.22. The summed E-state index contributed by atoms with van der Waals surface area (Å²) in [6, 6.07) is 4.32. The number of hydrogen-bond donors (Lipinski definition) is 3. The predicted molar refractivity (Wildman–Crippen MR) is 75.5 cm³/mol. The second kappa shape index (κ2) is 6.65. The third-order valence-corrected chi connectivity index (χ3v) is 2.97. The Hall–Kier alpha value is -2.62. The molecule has 7 nitrogen and oxygen atoms in total. The van der Waals surface area contributed by atoms with Crippen LogP contribution in [0.1, 0.15) is 0 Å². The number of nitrogens with one attached hydrogen (secondary N) is 2. The number of likely N-dealkylation sites (N-methyl/N-ethyl adjacent to an activating group) is 1. The van der Waals surface area contributed by atoms with E-state index in [9.17, 15) is 18.0 Å². The van der Waals surface area contributed by atoms with Crippen molar-refractivity contribution >= 4 is 11.7 Å². The average Bonchev–Trinajstić information content (AvgIpc) is 2.95. The largest absolute Gasteiger partial charge is 0.416 e. The van der Waals surface area contributed by atoms with E-state index >= 15 is 0 Å². The number of anilines is 1. The molecule has 1 unspecified atom stereocenters. The fourth-order valence-corrected chi connectivity index (χ4v) is 1.74. The Bertz CT molecular complexity index is 659. The third-order valence-electron chi connectivity index (χ3n) is 2.97. The van der Waals surface area contributed by atoms with Crippen molar-refractivity contribution < 1.29 is 23.1 Å². The van der Waals surface area contributed by atoms with Gasteiger partial charge in [-0.1, -0.05) is 6.07 Å². The van der Waals surface area contributed by atoms with E-state index in [1.807, 2.05) is 0 Å². The van der Waals surface area contributed by atoms with Crippen molar-refractivity contribution in [2.24, 2.45) is 0 Å². The molecule has 0 saturated carbocycles. The highest BCUT2D eigenvalue weighted by atomic mass is 19.4. The van der Waals surface area contributed by atoms with Gasteiger partial charge in [-0.25, -0.2) is 4.79 Å². The highest BCUT2D eigenvalue weighted by Crippen LogP contribution is 2.24. The number of amides is 2. The molecule has 3 N–H and O–H groups in total. The first-order valence-electron chi connectivity index (χ1n) is 6.50. The Morgan fingerprint density at radius 3 is 2.83 bits per heavy atom. The number of alkyl halides is 3. The molecule has 1 atom stereocenters. The van der Waals surface area contributed by atoms with Gasteiger partial charge in [-0.15, -0.1) is 0 Å². The van der Waals surface area contributed by atoms with E-state index in [1.54, 1.807) is 24.4 Å². The standard InChI is InChI=1S/C13H14F3N5O2/c1-21(7-10(22)13(14,15)16)12(23)19-9-6-18-20-11(9)8-4-2-3-5-17-8/h2-6,10,22H,7H2,1H3,(H,18,20)(H,19,23). The summed E-state index contributed by atoms with van der Waals surface area (Å²) in [5, 5.41) is 17.8. The quantitative estimate of drug-likeness (QED) is 0.798. The Morgan fingerprint density at radius 2 is 2.22 bits per heavy atom. The first kappa shape index (κ1) is 16.7. The van der Waals surface area contributed by atoms with Crippen molar-refractivity contribution in [3.63, 3.8) is 0 Å². The summed E-state index contributed by atoms with van der Waals surface area (Å²) in [5.74, 6) is 0. The molecule has 2 amide bonds. The van der Waals surface area contributed by atoms with Gasteiger partial charge in [-0.3, -0.25) is 10.1 Å². The molecule has 2 rings (SSSR count). The summed E-state index contributed by atoms with van der Waals surface area (Å²) >= 11 is 0. The number of aromatic amines is 1. The van der Waals surface area contributed by atoms with E-state index in [1.165, 1.54) is 6.20 Å². The fraction of sp³-hybridized carbons (Fsp3) is 0.308. The van der Waals surface area contributed by atoms with Crippen molar-refractivity contribution in [2.75, 3.05) is 18.9 Å². The number of urea groups is 1. The second-order valence-corrected chi connectivity index (χ2v) is 4.74. The lowest BCUT2D eigenvalue weighted by atomic mass is 10.2. The summed E-state index contributed by atoms with van der Waals surface area (Å²) in [6.45, 7) is -0.883. The molecule has 0 aromatic carbocycles. The molecule has 0 spiro atoms. The van der Waals surface area contributed by atoms with Gasteiger partial charge in [0, 0.05) is 13.2 Å². The average molecular weight is 329 g/mol. The number of rotatable bonds is 4. The van der Waals surface area contributed by atoms with Gasteiger partial charge in [0.1, 0.15) is 5.69 Å². The van der Waals surface area contributed by atoms with Gasteiger partial charge in [-0.05, 0) is 12.1 Å². The number of hydrogen-bond acceptors (Lipinski definition) is 4. The zero-order valence-electron chi connectivity index (χ0n) is 12.0. The van der Waals surface area contributed by atoms with Gasteiger partial charge >= 0.3 is 12.2 Å². The minimum atomic E-state index is -4.79. The Morgan fingerprint density at radius 1 is 1.48 bits per heavy atom. The molecule has 124 valence electrons. The lowest BCUT2D eigenvalue weighted by molar-refractivity contribution is -0.205. The molecular weight excluding hydrogens is 315 g/mol. The summed E-state index contributed by atoms with van der Waals surface area (Å²) < 4.78 is 36.9. The predicted octanol–water partition coefficient (Wildman–Crippen LogP) is 1.86. The maximum atomic E-state index is 12.3. The van der Waals surface area contributed by atoms with Gasteiger partial charge in [0.2, 0.25) is 0 Å². The van der Waals surface area contributed by atoms with Gasteiger partial charge in [0.05, 0.1) is 24.1 Å². The molecule has 0 aliphatic rings. The Kier molecular flexibility index (Phi) is 4.84. The number of carbonyl (C=O) groups excluding carboxylic acids is 1. The topological polar surface area (TPSA) is 94.1 Å². The van der Waals surface area contributed by atoms with E-state index in [0.717, 1.165) is 11.9 Å². The van der Waals surface area contributed by atoms with Crippen molar-refractivity contribution in [1.29, 1.82) is 0 Å². The van der Waals surface area contributed by atoms with Crippen LogP contribution in [-0.4, -0.2) is 57.1 Å². The van der Waals surface area contributed by atoms with Crippen molar-refractivity contribution in [3.05, 3.63) is 30.6 Å². The van der Waals surface area contributed by atoms with Crippen molar-refractivity contribution in [2.45, 2.75) is 12.3 Å². The number of aromatic nitrogens is 3. The third kappa shape index (κ3) is 4.19. The zero-order chi connectivity index (χ0) is 17.0. The molecule has 2 heterocycles. The smallest absolute Gasteiger partial charge is 0.382 e. The Balaban J connectivity index is 2.06. The lowest BCUT2D eigenvalue weighted by Crippen LogP contribution is -2.43. The summed E-state index contributed by atoms with van der Waals surface area (Å²) in [6.07, 6.45) is -4.54. The van der Waals surface area contributed by atoms with Crippen LogP contribution in [0, 0.1) is 0 Å². The molecule has 0 fully saturated rings. The zero-order valence-corrected chi connectivity index (χ0v) is 12.0. The normalized spacial score (nSPS) is 12.7. The van der Waals surface area contributed by atoms with Gasteiger partial charge < -0.3 is 15.3 Å². The molecule has 0 aliphatic carbocycles. The van der Waals surface area contributed by atoms with E-state index in [-0.39, 0.29) is 5.69 Å². The molecule has 0 saturated heterocycles. The van der Waals surface area contributed by atoms with Crippen LogP contribution in [-0.2, 0) is 0 Å². The molecule has 0 bridgehead atoms. The molecule has 23 heavy (non-hydrogen) atoms. The maximum absolute atomic E-state index is 12.3. The minimum Gasteiger partial charge on any atom is -0.382 e. The van der Waals surface area contributed by atoms with E-state index in [2.05, 4.69) is 20.5 Å². The highest BCUT2D eigenvalue weighted by Gasteiger charge is 2.39. The number of aliphatic hydroxyl groups excluding tert-OH is 1.